The van der Waals surface area contributed by atoms with Crippen LogP contribution in [0.4, 0.5) is 5.69 Å². The number of hydrogen-bond acceptors (Lipinski definition) is 4. The molecule has 0 bridgehead atoms. The van der Waals surface area contributed by atoms with Gasteiger partial charge in [0.05, 0.1) is 26.6 Å². The van der Waals surface area contributed by atoms with Crippen molar-refractivity contribution in [2.24, 2.45) is 4.36 Å². The molecule has 1 saturated heterocycles. The Kier molecular flexibility index (Phi) is 4.56. The van der Waals surface area contributed by atoms with Crippen molar-refractivity contribution >= 4 is 28.0 Å². The van der Waals surface area contributed by atoms with Crippen molar-refractivity contribution < 1.29 is 13.5 Å². The first-order chi connectivity index (χ1) is 11.6. The molecule has 0 saturated carbocycles. The first kappa shape index (κ1) is 18.2. The van der Waals surface area contributed by atoms with E-state index < -0.39 is 16.8 Å². The van der Waals surface area contributed by atoms with Gasteiger partial charge in [-0.05, 0) is 57.4 Å². The summed E-state index contributed by atoms with van der Waals surface area (Å²) in [4.78, 5) is 0.727. The Morgan fingerprint density at radius 1 is 0.880 bits per heavy atom. The van der Waals surface area contributed by atoms with Crippen LogP contribution in [0.25, 0.3) is 0 Å². The van der Waals surface area contributed by atoms with Crippen molar-refractivity contribution in [1.82, 2.24) is 0 Å². The van der Waals surface area contributed by atoms with Gasteiger partial charge >= 0.3 is 7.12 Å². The van der Waals surface area contributed by atoms with Crippen LogP contribution in [0.1, 0.15) is 27.7 Å². The van der Waals surface area contributed by atoms with E-state index in [1.165, 1.54) is 0 Å². The van der Waals surface area contributed by atoms with Crippen LogP contribution in [0.15, 0.2) is 63.9 Å². The summed E-state index contributed by atoms with van der Waals surface area (Å²) in [6.45, 7) is 8.12. The molecule has 1 aliphatic heterocycles. The van der Waals surface area contributed by atoms with Gasteiger partial charge in [-0.15, -0.1) is 0 Å². The fourth-order valence-corrected chi connectivity index (χ4v) is 3.89. The quantitative estimate of drug-likeness (QED) is 0.786. The highest BCUT2D eigenvalue weighted by atomic mass is 32.2. The molecule has 0 amide bonds. The highest BCUT2D eigenvalue weighted by Gasteiger charge is 2.51. The summed E-state index contributed by atoms with van der Waals surface area (Å²) in [5.41, 5.74) is 0.869. The van der Waals surface area contributed by atoms with E-state index in [-0.39, 0.29) is 11.2 Å². The van der Waals surface area contributed by atoms with Crippen molar-refractivity contribution in [1.29, 1.82) is 0 Å². The van der Waals surface area contributed by atoms with Gasteiger partial charge < -0.3 is 9.31 Å². The molecule has 4 nitrogen and oxygen atoms in total. The molecular formula is C19H24BNO3S. The molecule has 1 fully saturated rings. The summed E-state index contributed by atoms with van der Waals surface area (Å²) in [7, 11) is -2.87. The van der Waals surface area contributed by atoms with Crippen LogP contribution in [0.3, 0.4) is 0 Å². The molecule has 2 aromatic rings. The van der Waals surface area contributed by atoms with E-state index in [1.807, 2.05) is 82.3 Å². The van der Waals surface area contributed by atoms with Crippen LogP contribution >= 0.6 is 0 Å². The van der Waals surface area contributed by atoms with E-state index >= 15 is 0 Å². The second-order valence-electron chi connectivity index (χ2n) is 7.39. The van der Waals surface area contributed by atoms with Crippen LogP contribution in [0, 0.1) is 0 Å². The first-order valence-corrected chi connectivity index (χ1v) is 10.3. The van der Waals surface area contributed by atoms with E-state index in [9.17, 15) is 4.21 Å². The van der Waals surface area contributed by atoms with E-state index in [2.05, 4.69) is 4.36 Å². The molecule has 1 heterocycles. The molecule has 132 valence electrons. The zero-order valence-corrected chi connectivity index (χ0v) is 16.2. The fourth-order valence-electron chi connectivity index (χ4n) is 2.60. The van der Waals surface area contributed by atoms with Crippen molar-refractivity contribution in [3.63, 3.8) is 0 Å². The first-order valence-electron chi connectivity index (χ1n) is 8.34. The van der Waals surface area contributed by atoms with Crippen LogP contribution < -0.4 is 5.46 Å². The van der Waals surface area contributed by atoms with E-state index in [0.717, 1.165) is 10.4 Å². The maximum Gasteiger partial charge on any atom is 0.494 e. The van der Waals surface area contributed by atoms with Gasteiger partial charge in [0, 0.05) is 11.2 Å². The molecule has 25 heavy (non-hydrogen) atoms. The van der Waals surface area contributed by atoms with E-state index in [0.29, 0.717) is 5.69 Å². The average Bonchev–Trinajstić information content (AvgIpc) is 2.77. The van der Waals surface area contributed by atoms with Gasteiger partial charge in [-0.3, -0.25) is 0 Å². The maximum atomic E-state index is 12.9. The zero-order valence-electron chi connectivity index (χ0n) is 15.4. The second-order valence-corrected chi connectivity index (χ2v) is 9.65. The summed E-state index contributed by atoms with van der Waals surface area (Å²) in [5.74, 6) is 0. The monoisotopic (exact) mass is 357 g/mol. The minimum atomic E-state index is -2.47. The number of rotatable bonds is 3. The Hall–Kier alpha value is -1.63. The lowest BCUT2D eigenvalue weighted by molar-refractivity contribution is 0.00578. The lowest BCUT2D eigenvalue weighted by Crippen LogP contribution is -2.41. The fraction of sp³-hybridized carbons (Fsp3) is 0.368. The van der Waals surface area contributed by atoms with Gasteiger partial charge in [-0.25, -0.2) is 4.21 Å². The second kappa shape index (κ2) is 6.27. The average molecular weight is 357 g/mol. The van der Waals surface area contributed by atoms with Crippen LogP contribution in [-0.2, 0) is 19.0 Å². The molecule has 0 spiro atoms. The normalized spacial score (nSPS) is 20.9. The molecule has 0 N–H and O–H groups in total. The number of hydrogen-bond donors (Lipinski definition) is 0. The summed E-state index contributed by atoms with van der Waals surface area (Å²) in [5, 5.41) is 0. The third-order valence-electron chi connectivity index (χ3n) is 4.88. The third-order valence-corrected chi connectivity index (χ3v) is 6.58. The molecule has 1 aliphatic rings. The molecule has 0 aliphatic carbocycles. The highest BCUT2D eigenvalue weighted by molar-refractivity contribution is 7.93. The molecule has 0 unspecified atom stereocenters. The van der Waals surface area contributed by atoms with Gasteiger partial charge in [-0.1, -0.05) is 30.3 Å². The van der Waals surface area contributed by atoms with Crippen molar-refractivity contribution in [2.45, 2.75) is 43.8 Å². The minimum Gasteiger partial charge on any atom is -0.399 e. The largest absolute Gasteiger partial charge is 0.494 e. The molecule has 0 radical (unpaired) electrons. The zero-order chi connectivity index (χ0) is 18.3. The smallest absolute Gasteiger partial charge is 0.399 e. The molecule has 6 heteroatoms. The van der Waals surface area contributed by atoms with Gasteiger partial charge in [0.2, 0.25) is 0 Å². The van der Waals surface area contributed by atoms with E-state index in [1.54, 1.807) is 6.26 Å². The van der Waals surface area contributed by atoms with Crippen molar-refractivity contribution in [3.8, 4) is 0 Å². The van der Waals surface area contributed by atoms with Gasteiger partial charge in [0.25, 0.3) is 0 Å². The Morgan fingerprint density at radius 2 is 1.40 bits per heavy atom. The van der Waals surface area contributed by atoms with Gasteiger partial charge in [0.15, 0.2) is 0 Å². The summed E-state index contributed by atoms with van der Waals surface area (Å²) < 4.78 is 29.4. The molecule has 3 rings (SSSR count). The van der Waals surface area contributed by atoms with Crippen molar-refractivity contribution in [2.75, 3.05) is 6.26 Å². The minimum absolute atomic E-state index is 0.369. The number of benzene rings is 2. The maximum absolute atomic E-state index is 12.9. The lowest BCUT2D eigenvalue weighted by Gasteiger charge is -2.32. The molecule has 2 aromatic carbocycles. The Labute approximate surface area is 150 Å². The van der Waals surface area contributed by atoms with Crippen LogP contribution in [0.5, 0.6) is 0 Å². The predicted molar refractivity (Wildman–Crippen MR) is 103 cm³/mol. The SMILES string of the molecule is CC1(C)OB(c2ccc(N=[S@](C)(=O)c3ccccc3)cc2)OC1(C)C. The molecule has 0 aromatic heterocycles. The predicted octanol–water partition coefficient (Wildman–Crippen LogP) is 3.77. The van der Waals surface area contributed by atoms with Gasteiger partial charge in [0.1, 0.15) is 0 Å². The third kappa shape index (κ3) is 3.66. The van der Waals surface area contributed by atoms with Crippen LogP contribution in [0.2, 0.25) is 0 Å². The molecular weight excluding hydrogens is 333 g/mol. The van der Waals surface area contributed by atoms with Gasteiger partial charge in [-0.2, -0.15) is 4.36 Å². The Bertz CT molecular complexity index is 853. The standard InChI is InChI=1S/C19H24BNO3S/c1-18(2)19(3,4)24-20(23-18)15-11-13-16(14-12-15)21-25(5,22)17-9-7-6-8-10-17/h6-14H,1-5H3/t25-/m1/s1. The Balaban J connectivity index is 1.85. The summed E-state index contributed by atoms with van der Waals surface area (Å²) in [6, 6.07) is 16.9. The summed E-state index contributed by atoms with van der Waals surface area (Å²) in [6.07, 6.45) is 1.66. The Morgan fingerprint density at radius 3 is 1.92 bits per heavy atom. The van der Waals surface area contributed by atoms with E-state index in [4.69, 9.17) is 9.31 Å². The number of nitrogens with zero attached hydrogens (tertiary/aromatic N) is 1. The molecule has 1 atom stereocenters. The summed E-state index contributed by atoms with van der Waals surface area (Å²) >= 11 is 0. The topological polar surface area (TPSA) is 47.9 Å². The van der Waals surface area contributed by atoms with Crippen LogP contribution in [-0.4, -0.2) is 28.8 Å². The highest BCUT2D eigenvalue weighted by Crippen LogP contribution is 2.36. The van der Waals surface area contributed by atoms with Crippen molar-refractivity contribution in [3.05, 3.63) is 54.6 Å². The lowest BCUT2D eigenvalue weighted by atomic mass is 9.79.